The van der Waals surface area contributed by atoms with E-state index in [1.165, 1.54) is 4.88 Å². The van der Waals surface area contributed by atoms with Gasteiger partial charge in [-0.25, -0.2) is 4.98 Å². The van der Waals surface area contributed by atoms with Crippen molar-refractivity contribution in [2.75, 3.05) is 5.32 Å². The number of carbonyl (C=O) groups is 1. The van der Waals surface area contributed by atoms with Crippen molar-refractivity contribution in [1.82, 2.24) is 10.3 Å². The van der Waals surface area contributed by atoms with E-state index in [2.05, 4.69) is 15.6 Å². The van der Waals surface area contributed by atoms with Crippen LogP contribution in [0.25, 0.3) is 0 Å². The zero-order chi connectivity index (χ0) is 12.4. The number of carbonyl (C=O) groups excluding carboxylic acids is 1. The van der Waals surface area contributed by atoms with Gasteiger partial charge in [0, 0.05) is 18.0 Å². The van der Waals surface area contributed by atoms with Crippen LogP contribution >= 0.6 is 11.3 Å². The predicted molar refractivity (Wildman–Crippen MR) is 71.4 cm³/mol. The summed E-state index contributed by atoms with van der Waals surface area (Å²) in [7, 11) is 0. The van der Waals surface area contributed by atoms with Crippen LogP contribution in [0.2, 0.25) is 0 Å². The molecule has 1 aromatic carbocycles. The zero-order valence-corrected chi connectivity index (χ0v) is 10.6. The van der Waals surface area contributed by atoms with Gasteiger partial charge in [0.15, 0.2) is 5.13 Å². The minimum atomic E-state index is -0.0124. The summed E-state index contributed by atoms with van der Waals surface area (Å²) in [5, 5.41) is 6.79. The second-order valence-corrected chi connectivity index (χ2v) is 5.29. The minimum Gasteiger partial charge on any atom is -0.306 e. The molecule has 1 aliphatic rings. The average molecular weight is 259 g/mol. The molecule has 0 radical (unpaired) electrons. The van der Waals surface area contributed by atoms with Crippen LogP contribution < -0.4 is 10.6 Å². The van der Waals surface area contributed by atoms with Crippen LogP contribution in [0, 0.1) is 0 Å². The third-order valence-corrected chi connectivity index (χ3v) is 3.82. The molecule has 0 saturated carbocycles. The SMILES string of the molecule is O=C(Cc1ccccc1)Nc1nc2c(s1)CNC2. The topological polar surface area (TPSA) is 54.0 Å². The molecular weight excluding hydrogens is 246 g/mol. The number of anilines is 1. The Hall–Kier alpha value is -1.72. The molecule has 2 heterocycles. The summed E-state index contributed by atoms with van der Waals surface area (Å²) in [6.45, 7) is 1.67. The van der Waals surface area contributed by atoms with E-state index in [1.54, 1.807) is 11.3 Å². The fourth-order valence-corrected chi connectivity index (χ4v) is 2.92. The highest BCUT2D eigenvalue weighted by molar-refractivity contribution is 7.15. The number of amides is 1. The third-order valence-electron chi connectivity index (χ3n) is 2.81. The van der Waals surface area contributed by atoms with E-state index in [4.69, 9.17) is 0 Å². The summed E-state index contributed by atoms with van der Waals surface area (Å²) >= 11 is 1.56. The summed E-state index contributed by atoms with van der Waals surface area (Å²) < 4.78 is 0. The molecule has 4 nitrogen and oxygen atoms in total. The Morgan fingerprint density at radius 2 is 2.17 bits per heavy atom. The quantitative estimate of drug-likeness (QED) is 0.885. The molecule has 2 N–H and O–H groups in total. The summed E-state index contributed by atoms with van der Waals surface area (Å²) in [6.07, 6.45) is 0.392. The molecule has 2 aromatic rings. The van der Waals surface area contributed by atoms with E-state index in [1.807, 2.05) is 30.3 Å². The van der Waals surface area contributed by atoms with Crippen molar-refractivity contribution >= 4 is 22.4 Å². The normalized spacial score (nSPS) is 13.3. The monoisotopic (exact) mass is 259 g/mol. The van der Waals surface area contributed by atoms with Crippen LogP contribution in [0.1, 0.15) is 16.1 Å². The lowest BCUT2D eigenvalue weighted by atomic mass is 10.1. The molecule has 1 amide bonds. The van der Waals surface area contributed by atoms with Gasteiger partial charge in [0.25, 0.3) is 0 Å². The number of hydrogen-bond donors (Lipinski definition) is 2. The lowest BCUT2D eigenvalue weighted by Crippen LogP contribution is -2.14. The van der Waals surface area contributed by atoms with E-state index < -0.39 is 0 Å². The molecule has 3 rings (SSSR count). The van der Waals surface area contributed by atoms with Gasteiger partial charge in [-0.1, -0.05) is 30.3 Å². The van der Waals surface area contributed by atoms with E-state index in [0.29, 0.717) is 11.6 Å². The molecule has 92 valence electrons. The summed E-state index contributed by atoms with van der Waals surface area (Å²) in [5.41, 5.74) is 2.08. The van der Waals surface area contributed by atoms with Crippen molar-refractivity contribution < 1.29 is 4.79 Å². The molecule has 0 aliphatic carbocycles. The molecule has 0 bridgehead atoms. The number of rotatable bonds is 3. The number of thiazole rings is 1. The minimum absolute atomic E-state index is 0.0124. The molecule has 0 saturated heterocycles. The van der Waals surface area contributed by atoms with Gasteiger partial charge in [-0.15, -0.1) is 11.3 Å². The number of aromatic nitrogens is 1. The second kappa shape index (κ2) is 4.88. The first-order valence-electron chi connectivity index (χ1n) is 5.84. The maximum atomic E-state index is 11.8. The van der Waals surface area contributed by atoms with Crippen LogP contribution in [-0.4, -0.2) is 10.9 Å². The highest BCUT2D eigenvalue weighted by Gasteiger charge is 2.17. The lowest BCUT2D eigenvalue weighted by Gasteiger charge is -2.01. The highest BCUT2D eigenvalue weighted by Crippen LogP contribution is 2.26. The van der Waals surface area contributed by atoms with Gasteiger partial charge >= 0.3 is 0 Å². The van der Waals surface area contributed by atoms with Crippen LogP contribution in [0.3, 0.4) is 0 Å². The van der Waals surface area contributed by atoms with Crippen LogP contribution in [0.15, 0.2) is 30.3 Å². The largest absolute Gasteiger partial charge is 0.306 e. The Kier molecular flexibility index (Phi) is 3.08. The van der Waals surface area contributed by atoms with Crippen LogP contribution in [0.4, 0.5) is 5.13 Å². The van der Waals surface area contributed by atoms with Crippen molar-refractivity contribution in [2.24, 2.45) is 0 Å². The van der Waals surface area contributed by atoms with Gasteiger partial charge in [0.2, 0.25) is 5.91 Å². The molecule has 18 heavy (non-hydrogen) atoms. The Labute approximate surface area is 109 Å². The Balaban J connectivity index is 1.64. The van der Waals surface area contributed by atoms with Gasteiger partial charge in [0.05, 0.1) is 12.1 Å². The van der Waals surface area contributed by atoms with Gasteiger partial charge < -0.3 is 10.6 Å². The third kappa shape index (κ3) is 2.42. The fraction of sp³-hybridized carbons (Fsp3) is 0.231. The number of benzene rings is 1. The first-order chi connectivity index (χ1) is 8.81. The Morgan fingerprint density at radius 3 is 2.94 bits per heavy atom. The van der Waals surface area contributed by atoms with E-state index in [-0.39, 0.29) is 5.91 Å². The molecule has 0 spiro atoms. The standard InChI is InChI=1S/C13H13N3OS/c17-12(6-9-4-2-1-3-5-9)16-13-15-10-7-14-8-11(10)18-13/h1-5,14H,6-8H2,(H,15,16,17). The Morgan fingerprint density at radius 1 is 1.33 bits per heavy atom. The maximum absolute atomic E-state index is 11.8. The number of nitrogens with one attached hydrogen (secondary N) is 2. The average Bonchev–Trinajstić information content (AvgIpc) is 2.90. The van der Waals surface area contributed by atoms with Crippen molar-refractivity contribution in [3.63, 3.8) is 0 Å². The summed E-state index contributed by atoms with van der Waals surface area (Å²) in [6, 6.07) is 9.72. The smallest absolute Gasteiger partial charge is 0.230 e. The maximum Gasteiger partial charge on any atom is 0.230 e. The van der Waals surface area contributed by atoms with Gasteiger partial charge in [0.1, 0.15) is 0 Å². The fourth-order valence-electron chi connectivity index (χ4n) is 1.95. The van der Waals surface area contributed by atoms with Gasteiger partial charge in [-0.3, -0.25) is 4.79 Å². The van der Waals surface area contributed by atoms with Gasteiger partial charge in [-0.2, -0.15) is 0 Å². The molecule has 1 aromatic heterocycles. The zero-order valence-electron chi connectivity index (χ0n) is 9.77. The number of fused-ring (bicyclic) bond motifs is 1. The van der Waals surface area contributed by atoms with Crippen molar-refractivity contribution in [2.45, 2.75) is 19.5 Å². The summed E-state index contributed by atoms with van der Waals surface area (Å²) in [4.78, 5) is 17.5. The molecular formula is C13H13N3OS. The number of hydrogen-bond acceptors (Lipinski definition) is 4. The highest BCUT2D eigenvalue weighted by atomic mass is 32.1. The molecule has 1 aliphatic heterocycles. The molecule has 0 unspecified atom stereocenters. The van der Waals surface area contributed by atoms with Crippen LogP contribution in [0.5, 0.6) is 0 Å². The van der Waals surface area contributed by atoms with Crippen molar-refractivity contribution in [3.8, 4) is 0 Å². The molecule has 5 heteroatoms. The van der Waals surface area contributed by atoms with Crippen molar-refractivity contribution in [1.29, 1.82) is 0 Å². The molecule has 0 fully saturated rings. The second-order valence-electron chi connectivity index (χ2n) is 4.20. The predicted octanol–water partition coefficient (Wildman–Crippen LogP) is 1.93. The summed E-state index contributed by atoms with van der Waals surface area (Å²) in [5.74, 6) is -0.0124. The van der Waals surface area contributed by atoms with E-state index in [9.17, 15) is 4.79 Å². The van der Waals surface area contributed by atoms with Crippen LogP contribution in [-0.2, 0) is 24.3 Å². The Bertz CT molecular complexity index is 543. The lowest BCUT2D eigenvalue weighted by molar-refractivity contribution is -0.115. The van der Waals surface area contributed by atoms with E-state index >= 15 is 0 Å². The van der Waals surface area contributed by atoms with Crippen molar-refractivity contribution in [3.05, 3.63) is 46.5 Å². The van der Waals surface area contributed by atoms with Gasteiger partial charge in [-0.05, 0) is 5.56 Å². The molecule has 0 atom stereocenters. The number of nitrogens with zero attached hydrogens (tertiary/aromatic N) is 1. The first kappa shape index (κ1) is 11.4. The van der Waals surface area contributed by atoms with E-state index in [0.717, 1.165) is 24.3 Å². The first-order valence-corrected chi connectivity index (χ1v) is 6.66.